The summed E-state index contributed by atoms with van der Waals surface area (Å²) in [6.45, 7) is 1.57. The summed E-state index contributed by atoms with van der Waals surface area (Å²) >= 11 is 0. The summed E-state index contributed by atoms with van der Waals surface area (Å²) in [4.78, 5) is 12.5. The number of Topliss-reactive ketones (excluding diaryl/α,β-unsaturated/α-hetero) is 1. The van der Waals surface area contributed by atoms with E-state index in [1.54, 1.807) is 37.3 Å². The van der Waals surface area contributed by atoms with Crippen molar-refractivity contribution < 1.29 is 44.2 Å². The van der Waals surface area contributed by atoms with Gasteiger partial charge in [0.25, 0.3) is 0 Å². The van der Waals surface area contributed by atoms with Gasteiger partial charge in [-0.25, -0.2) is 0 Å². The number of phenolic OH excluding ortho intramolecular Hbond substituents is 1. The highest BCUT2D eigenvalue weighted by Crippen LogP contribution is 2.42. The molecule has 1 fully saturated rings. The molecule has 0 spiro atoms. The second kappa shape index (κ2) is 8.35. The maximum Gasteiger partial charge on any atom is 0.229 e. The molecule has 31 heavy (non-hydrogen) atoms. The number of fused-ring (bicyclic) bond motifs is 1. The number of hydrogen-bond donors (Lipinski definition) is 4. The van der Waals surface area contributed by atoms with Crippen LogP contribution in [0.4, 0.5) is 0 Å². The second-order valence-corrected chi connectivity index (χ2v) is 7.62. The monoisotopic (exact) mass is 432 g/mol. The van der Waals surface area contributed by atoms with Crippen LogP contribution in [0.1, 0.15) is 35.4 Å². The van der Waals surface area contributed by atoms with Crippen LogP contribution in [0, 0.1) is 0 Å². The molecular formula is C22H24O9. The van der Waals surface area contributed by atoms with E-state index in [2.05, 4.69) is 0 Å². The van der Waals surface area contributed by atoms with Crippen LogP contribution in [0.5, 0.6) is 23.0 Å². The maximum atomic E-state index is 12.5. The van der Waals surface area contributed by atoms with Crippen LogP contribution in [0.15, 0.2) is 36.4 Å². The third-order valence-corrected chi connectivity index (χ3v) is 5.52. The molecule has 2 aromatic carbocycles. The van der Waals surface area contributed by atoms with Crippen molar-refractivity contribution in [2.24, 2.45) is 0 Å². The van der Waals surface area contributed by atoms with Crippen LogP contribution in [-0.4, -0.2) is 64.0 Å². The molecule has 9 heteroatoms. The lowest BCUT2D eigenvalue weighted by atomic mass is 9.95. The minimum atomic E-state index is -1.41. The number of aromatic hydroxyl groups is 1. The molecule has 2 aromatic rings. The molecule has 4 N–H and O–H groups in total. The van der Waals surface area contributed by atoms with Crippen molar-refractivity contribution in [1.29, 1.82) is 0 Å². The number of benzene rings is 2. The molecule has 0 bridgehead atoms. The van der Waals surface area contributed by atoms with Crippen molar-refractivity contribution in [2.75, 3.05) is 7.11 Å². The number of hydrogen-bond acceptors (Lipinski definition) is 9. The summed E-state index contributed by atoms with van der Waals surface area (Å²) in [6, 6.07) is 9.59. The molecular weight excluding hydrogens is 408 g/mol. The summed E-state index contributed by atoms with van der Waals surface area (Å²) in [6.07, 6.45) is -6.37. The Morgan fingerprint density at radius 2 is 1.71 bits per heavy atom. The van der Waals surface area contributed by atoms with Gasteiger partial charge < -0.3 is 39.4 Å². The lowest BCUT2D eigenvalue weighted by Crippen LogP contribution is -2.58. The van der Waals surface area contributed by atoms with Gasteiger partial charge in [0.15, 0.2) is 5.78 Å². The predicted octanol–water partition coefficient (Wildman–Crippen LogP) is 1.31. The molecule has 0 aromatic heterocycles. The molecule has 0 radical (unpaired) electrons. The Morgan fingerprint density at radius 1 is 1.00 bits per heavy atom. The number of carbonyl (C=O) groups excluding carboxylic acids is 1. The van der Waals surface area contributed by atoms with Gasteiger partial charge in [-0.3, -0.25) is 4.79 Å². The Labute approximate surface area is 178 Å². The predicted molar refractivity (Wildman–Crippen MR) is 106 cm³/mol. The quantitative estimate of drug-likeness (QED) is 0.564. The lowest BCUT2D eigenvalue weighted by Gasteiger charge is -2.38. The molecule has 6 atom stereocenters. The summed E-state index contributed by atoms with van der Waals surface area (Å²) < 4.78 is 22.1. The number of carbonyl (C=O) groups is 1. The molecule has 0 aliphatic carbocycles. The minimum absolute atomic E-state index is 0.0547. The van der Waals surface area contributed by atoms with Crippen molar-refractivity contribution in [2.45, 2.75) is 50.2 Å². The van der Waals surface area contributed by atoms with Crippen molar-refractivity contribution in [1.82, 2.24) is 0 Å². The number of ketones is 1. The summed E-state index contributed by atoms with van der Waals surface area (Å²) in [5, 5.41) is 39.9. The fourth-order valence-electron chi connectivity index (χ4n) is 3.72. The van der Waals surface area contributed by atoms with Gasteiger partial charge in [-0.1, -0.05) is 12.1 Å². The summed E-state index contributed by atoms with van der Waals surface area (Å²) in [5.41, 5.74) is 0.845. The molecule has 2 heterocycles. The van der Waals surface area contributed by atoms with Crippen LogP contribution >= 0.6 is 0 Å². The molecule has 9 nitrogen and oxygen atoms in total. The van der Waals surface area contributed by atoms with E-state index < -0.39 is 36.8 Å². The van der Waals surface area contributed by atoms with Gasteiger partial charge in [0, 0.05) is 12.1 Å². The number of phenols is 1. The smallest absolute Gasteiger partial charge is 0.229 e. The Bertz CT molecular complexity index is 958. The van der Waals surface area contributed by atoms with Gasteiger partial charge in [0.1, 0.15) is 53.0 Å². The van der Waals surface area contributed by atoms with E-state index in [-0.39, 0.29) is 29.3 Å². The fourth-order valence-corrected chi connectivity index (χ4v) is 3.72. The topological polar surface area (TPSA) is 135 Å². The number of rotatable bonds is 4. The molecule has 2 aliphatic rings. The van der Waals surface area contributed by atoms with Crippen LogP contribution in [0.2, 0.25) is 0 Å². The van der Waals surface area contributed by atoms with Crippen molar-refractivity contribution >= 4 is 5.78 Å². The van der Waals surface area contributed by atoms with Crippen LogP contribution in [0.25, 0.3) is 0 Å². The first kappa shape index (κ1) is 21.4. The van der Waals surface area contributed by atoms with Gasteiger partial charge in [-0.05, 0) is 24.6 Å². The third kappa shape index (κ3) is 4.05. The standard InChI is InChI=1S/C22H24O9/c1-10-19(25)20(26)21(27)22(29-10)30-12-5-3-11(4-6-12)16-9-15(24)18-14(23)7-13(28-2)8-17(18)31-16/h3-8,10,16,19-23,25-27H,9H2,1-2H3/t10-,16+,19-,20+,21+,22-/m1/s1. The number of aliphatic hydroxyl groups is 3. The van der Waals surface area contributed by atoms with E-state index in [0.717, 1.165) is 0 Å². The largest absolute Gasteiger partial charge is 0.507 e. The molecule has 0 unspecified atom stereocenters. The summed E-state index contributed by atoms with van der Waals surface area (Å²) in [5.74, 6) is 0.561. The van der Waals surface area contributed by atoms with Gasteiger partial charge in [0.05, 0.1) is 19.6 Å². The first-order valence-corrected chi connectivity index (χ1v) is 9.85. The average Bonchev–Trinajstić information content (AvgIpc) is 2.75. The zero-order valence-electron chi connectivity index (χ0n) is 17.0. The zero-order valence-corrected chi connectivity index (χ0v) is 17.0. The molecule has 1 saturated heterocycles. The number of methoxy groups -OCH3 is 1. The highest BCUT2D eigenvalue weighted by Gasteiger charge is 2.43. The third-order valence-electron chi connectivity index (χ3n) is 5.52. The average molecular weight is 432 g/mol. The molecule has 0 saturated carbocycles. The van der Waals surface area contributed by atoms with E-state index in [0.29, 0.717) is 17.1 Å². The molecule has 4 rings (SSSR count). The van der Waals surface area contributed by atoms with Crippen LogP contribution in [0.3, 0.4) is 0 Å². The van der Waals surface area contributed by atoms with Crippen LogP contribution < -0.4 is 14.2 Å². The highest BCUT2D eigenvalue weighted by molar-refractivity contribution is 6.02. The van der Waals surface area contributed by atoms with Gasteiger partial charge >= 0.3 is 0 Å². The summed E-state index contributed by atoms with van der Waals surface area (Å²) in [7, 11) is 1.45. The van der Waals surface area contributed by atoms with Crippen molar-refractivity contribution in [3.05, 3.63) is 47.5 Å². The van der Waals surface area contributed by atoms with Gasteiger partial charge in [0.2, 0.25) is 6.29 Å². The Balaban J connectivity index is 1.49. The van der Waals surface area contributed by atoms with E-state index in [1.165, 1.54) is 13.2 Å². The van der Waals surface area contributed by atoms with E-state index in [1.807, 2.05) is 0 Å². The Kier molecular flexibility index (Phi) is 5.76. The van der Waals surface area contributed by atoms with E-state index in [4.69, 9.17) is 18.9 Å². The first-order chi connectivity index (χ1) is 14.8. The Morgan fingerprint density at radius 3 is 2.39 bits per heavy atom. The first-order valence-electron chi connectivity index (χ1n) is 9.85. The van der Waals surface area contributed by atoms with E-state index >= 15 is 0 Å². The normalized spacial score (nSPS) is 30.3. The highest BCUT2D eigenvalue weighted by atomic mass is 16.7. The van der Waals surface area contributed by atoms with Crippen molar-refractivity contribution in [3.63, 3.8) is 0 Å². The van der Waals surface area contributed by atoms with Gasteiger partial charge in [-0.15, -0.1) is 0 Å². The number of aliphatic hydroxyl groups excluding tert-OH is 3. The van der Waals surface area contributed by atoms with E-state index in [9.17, 15) is 25.2 Å². The van der Waals surface area contributed by atoms with Crippen LogP contribution in [-0.2, 0) is 4.74 Å². The van der Waals surface area contributed by atoms with Gasteiger partial charge in [-0.2, -0.15) is 0 Å². The number of ether oxygens (including phenoxy) is 4. The molecule has 166 valence electrons. The molecule has 0 amide bonds. The fraction of sp³-hybridized carbons (Fsp3) is 0.409. The molecule has 2 aliphatic heterocycles. The Hall–Kier alpha value is -2.85. The SMILES string of the molecule is COc1cc(O)c2c(c1)O[C@H](c1ccc(O[C@H]3O[C@H](C)[C@@H](O)[C@H](O)[C@@H]3O)cc1)CC2=O. The second-order valence-electron chi connectivity index (χ2n) is 7.62. The zero-order chi connectivity index (χ0) is 22.3. The minimum Gasteiger partial charge on any atom is -0.507 e. The van der Waals surface area contributed by atoms with Crippen molar-refractivity contribution in [3.8, 4) is 23.0 Å². The lowest BCUT2D eigenvalue weighted by molar-refractivity contribution is -0.268. The maximum absolute atomic E-state index is 12.5.